The number of amides is 1. The summed E-state index contributed by atoms with van der Waals surface area (Å²) < 4.78 is 1.88. The third-order valence-corrected chi connectivity index (χ3v) is 3.59. The zero-order valence-electron chi connectivity index (χ0n) is 12.6. The van der Waals surface area contributed by atoms with Gasteiger partial charge in [-0.2, -0.15) is 0 Å². The van der Waals surface area contributed by atoms with E-state index in [9.17, 15) is 14.7 Å². The van der Waals surface area contributed by atoms with Gasteiger partial charge in [-0.3, -0.25) is 4.79 Å². The molecule has 1 amide bonds. The molecule has 1 atom stereocenters. The Bertz CT molecular complexity index is 774. The second kappa shape index (κ2) is 5.93. The number of phenols is 1. The van der Waals surface area contributed by atoms with Crippen molar-refractivity contribution < 1.29 is 19.8 Å². The van der Waals surface area contributed by atoms with E-state index >= 15 is 0 Å². The second-order valence-corrected chi connectivity index (χ2v) is 5.18. The third-order valence-electron chi connectivity index (χ3n) is 3.59. The number of carbonyl (C=O) groups excluding carboxylic acids is 1. The minimum atomic E-state index is -1.06. The number of fused-ring (bicyclic) bond motifs is 1. The van der Waals surface area contributed by atoms with Crippen LogP contribution in [0, 0.1) is 6.92 Å². The molecule has 1 unspecified atom stereocenters. The van der Waals surface area contributed by atoms with E-state index in [0.29, 0.717) is 10.9 Å². The van der Waals surface area contributed by atoms with Crippen LogP contribution in [0.1, 0.15) is 23.0 Å². The number of hydrogen-bond acceptors (Lipinski definition) is 3. The van der Waals surface area contributed by atoms with Crippen molar-refractivity contribution in [1.82, 2.24) is 9.88 Å². The summed E-state index contributed by atoms with van der Waals surface area (Å²) in [6.45, 7) is 3.51. The fraction of sp³-hybridized carbons (Fsp3) is 0.250. The maximum atomic E-state index is 12.5. The number of hydrogen-bond donors (Lipinski definition) is 3. The van der Waals surface area contributed by atoms with Crippen molar-refractivity contribution in [1.29, 1.82) is 0 Å². The summed E-state index contributed by atoms with van der Waals surface area (Å²) in [6.07, 6.45) is 2.39. The predicted molar refractivity (Wildman–Crippen MR) is 83.0 cm³/mol. The maximum absolute atomic E-state index is 12.5. The van der Waals surface area contributed by atoms with Gasteiger partial charge in [-0.05, 0) is 32.0 Å². The molecule has 1 heterocycles. The Balaban J connectivity index is 2.38. The molecule has 0 bridgehead atoms. The highest BCUT2D eigenvalue weighted by Gasteiger charge is 2.19. The number of carboxylic acids is 1. The van der Waals surface area contributed by atoms with Gasteiger partial charge in [0, 0.05) is 35.8 Å². The molecule has 0 spiro atoms. The van der Waals surface area contributed by atoms with Gasteiger partial charge >= 0.3 is 5.97 Å². The van der Waals surface area contributed by atoms with Gasteiger partial charge in [-0.15, -0.1) is 0 Å². The van der Waals surface area contributed by atoms with Gasteiger partial charge in [0.2, 0.25) is 0 Å². The SMILES string of the molecule is Cc1c(C(=O)NC(C)/C=C/C(=O)O)c2cc(O)ccc2n1C. The first kappa shape index (κ1) is 15.6. The average molecular weight is 302 g/mol. The normalized spacial score (nSPS) is 12.7. The molecule has 2 rings (SSSR count). The molecule has 0 aliphatic rings. The zero-order valence-corrected chi connectivity index (χ0v) is 12.6. The minimum absolute atomic E-state index is 0.0889. The van der Waals surface area contributed by atoms with Gasteiger partial charge in [0.15, 0.2) is 0 Å². The third kappa shape index (κ3) is 2.95. The van der Waals surface area contributed by atoms with Crippen LogP contribution in [0.15, 0.2) is 30.4 Å². The fourth-order valence-electron chi connectivity index (χ4n) is 2.40. The topological polar surface area (TPSA) is 91.6 Å². The molecular weight excluding hydrogens is 284 g/mol. The van der Waals surface area contributed by atoms with Gasteiger partial charge in [0.25, 0.3) is 5.91 Å². The van der Waals surface area contributed by atoms with Crippen LogP contribution in [0.4, 0.5) is 0 Å². The number of aryl methyl sites for hydroxylation is 1. The molecule has 0 aliphatic carbocycles. The quantitative estimate of drug-likeness (QED) is 0.753. The number of carboxylic acid groups (broad SMARTS) is 1. The van der Waals surface area contributed by atoms with Crippen molar-refractivity contribution in [2.45, 2.75) is 19.9 Å². The average Bonchev–Trinajstić information content (AvgIpc) is 2.68. The summed E-state index contributed by atoms with van der Waals surface area (Å²) in [5, 5.41) is 21.6. The highest BCUT2D eigenvalue weighted by Crippen LogP contribution is 2.28. The molecule has 0 saturated carbocycles. The van der Waals surface area contributed by atoms with Crippen LogP contribution in [0.2, 0.25) is 0 Å². The van der Waals surface area contributed by atoms with Gasteiger partial charge < -0.3 is 20.1 Å². The van der Waals surface area contributed by atoms with E-state index in [1.165, 1.54) is 6.08 Å². The zero-order chi connectivity index (χ0) is 16.4. The molecule has 1 aromatic carbocycles. The van der Waals surface area contributed by atoms with Gasteiger partial charge in [-0.25, -0.2) is 4.79 Å². The molecule has 3 N–H and O–H groups in total. The molecule has 0 saturated heterocycles. The first-order chi connectivity index (χ1) is 10.3. The van der Waals surface area contributed by atoms with E-state index in [-0.39, 0.29) is 11.7 Å². The first-order valence-electron chi connectivity index (χ1n) is 6.81. The number of nitrogens with zero attached hydrogens (tertiary/aromatic N) is 1. The Labute approximate surface area is 127 Å². The minimum Gasteiger partial charge on any atom is -0.508 e. The second-order valence-electron chi connectivity index (χ2n) is 5.18. The number of aromatic nitrogens is 1. The van der Waals surface area contributed by atoms with E-state index in [4.69, 9.17) is 5.11 Å². The Kier molecular flexibility index (Phi) is 4.21. The summed E-state index contributed by atoms with van der Waals surface area (Å²) >= 11 is 0. The Morgan fingerprint density at radius 3 is 2.68 bits per heavy atom. The lowest BCUT2D eigenvalue weighted by Crippen LogP contribution is -2.31. The number of nitrogens with one attached hydrogen (secondary N) is 1. The lowest BCUT2D eigenvalue weighted by atomic mass is 10.1. The monoisotopic (exact) mass is 302 g/mol. The van der Waals surface area contributed by atoms with Crippen molar-refractivity contribution >= 4 is 22.8 Å². The van der Waals surface area contributed by atoms with Crippen molar-refractivity contribution in [2.24, 2.45) is 7.05 Å². The number of rotatable bonds is 4. The first-order valence-corrected chi connectivity index (χ1v) is 6.81. The van der Waals surface area contributed by atoms with E-state index < -0.39 is 12.0 Å². The number of benzene rings is 1. The molecule has 6 nitrogen and oxygen atoms in total. The van der Waals surface area contributed by atoms with Gasteiger partial charge in [0.05, 0.1) is 5.56 Å². The lowest BCUT2D eigenvalue weighted by molar-refractivity contribution is -0.131. The van der Waals surface area contributed by atoms with Gasteiger partial charge in [0.1, 0.15) is 5.75 Å². The van der Waals surface area contributed by atoms with Crippen LogP contribution >= 0.6 is 0 Å². The predicted octanol–water partition coefficient (Wildman–Crippen LogP) is 1.95. The largest absolute Gasteiger partial charge is 0.508 e. The van der Waals surface area contributed by atoms with E-state index in [1.807, 2.05) is 18.5 Å². The summed E-state index contributed by atoms with van der Waals surface area (Å²) in [6, 6.07) is 4.45. The smallest absolute Gasteiger partial charge is 0.328 e. The summed E-state index contributed by atoms with van der Waals surface area (Å²) in [5.74, 6) is -1.28. The molecule has 0 fully saturated rings. The van der Waals surface area contributed by atoms with Crippen LogP contribution in [-0.2, 0) is 11.8 Å². The molecule has 116 valence electrons. The van der Waals surface area contributed by atoms with E-state index in [1.54, 1.807) is 25.1 Å². The van der Waals surface area contributed by atoms with Crippen LogP contribution in [0.25, 0.3) is 10.9 Å². The molecule has 6 heteroatoms. The fourth-order valence-corrected chi connectivity index (χ4v) is 2.40. The van der Waals surface area contributed by atoms with Crippen molar-refractivity contribution in [3.63, 3.8) is 0 Å². The molecule has 0 aliphatic heterocycles. The van der Waals surface area contributed by atoms with Crippen molar-refractivity contribution in [2.75, 3.05) is 0 Å². The van der Waals surface area contributed by atoms with E-state index in [0.717, 1.165) is 17.3 Å². The number of aromatic hydroxyl groups is 1. The Hall–Kier alpha value is -2.76. The Morgan fingerprint density at radius 1 is 1.36 bits per heavy atom. The molecule has 1 aromatic heterocycles. The number of phenolic OH excluding ortho intramolecular Hbond substituents is 1. The van der Waals surface area contributed by atoms with Crippen LogP contribution in [0.5, 0.6) is 5.75 Å². The maximum Gasteiger partial charge on any atom is 0.328 e. The molecule has 2 aromatic rings. The van der Waals surface area contributed by atoms with Crippen molar-refractivity contribution in [3.05, 3.63) is 41.6 Å². The molecule has 0 radical (unpaired) electrons. The van der Waals surface area contributed by atoms with Crippen LogP contribution in [-0.4, -0.2) is 32.7 Å². The summed E-state index contributed by atoms with van der Waals surface area (Å²) in [7, 11) is 1.85. The van der Waals surface area contributed by atoms with Crippen LogP contribution < -0.4 is 5.32 Å². The molecular formula is C16H18N2O4. The van der Waals surface area contributed by atoms with Gasteiger partial charge in [-0.1, -0.05) is 6.08 Å². The van der Waals surface area contributed by atoms with E-state index in [2.05, 4.69) is 5.32 Å². The summed E-state index contributed by atoms with van der Waals surface area (Å²) in [4.78, 5) is 23.0. The molecule has 22 heavy (non-hydrogen) atoms. The standard InChI is InChI=1S/C16H18N2O4/c1-9(4-7-14(20)21)17-16(22)15-10(2)18(3)13-6-5-11(19)8-12(13)15/h4-9,19H,1-3H3,(H,17,22)(H,20,21)/b7-4+. The highest BCUT2D eigenvalue weighted by atomic mass is 16.4. The summed E-state index contributed by atoms with van der Waals surface area (Å²) in [5.41, 5.74) is 2.09. The lowest BCUT2D eigenvalue weighted by Gasteiger charge is -2.10. The van der Waals surface area contributed by atoms with Crippen LogP contribution in [0.3, 0.4) is 0 Å². The number of carbonyl (C=O) groups is 2. The number of aliphatic carboxylic acids is 1. The Morgan fingerprint density at radius 2 is 2.05 bits per heavy atom. The van der Waals surface area contributed by atoms with Crippen molar-refractivity contribution in [3.8, 4) is 5.75 Å². The highest BCUT2D eigenvalue weighted by molar-refractivity contribution is 6.08.